The summed E-state index contributed by atoms with van der Waals surface area (Å²) in [5.74, 6) is -2.55. The third-order valence-electron chi connectivity index (χ3n) is 7.92. The number of hydrogen-bond acceptors (Lipinski definition) is 6. The number of rotatable bonds is 13. The van der Waals surface area contributed by atoms with Crippen molar-refractivity contribution in [3.8, 4) is 0 Å². The summed E-state index contributed by atoms with van der Waals surface area (Å²) in [7, 11) is 0. The first-order chi connectivity index (χ1) is 16.3. The maximum absolute atomic E-state index is 14.1. The predicted molar refractivity (Wildman–Crippen MR) is 128 cm³/mol. The summed E-state index contributed by atoms with van der Waals surface area (Å²) in [6, 6.07) is -0.939. The Kier molecular flexibility index (Phi) is 8.24. The largest absolute Gasteiger partial charge is 0.465 e. The van der Waals surface area contributed by atoms with Gasteiger partial charge in [-0.2, -0.15) is 0 Å². The summed E-state index contributed by atoms with van der Waals surface area (Å²) in [6.45, 7) is 13.8. The first-order valence-electron chi connectivity index (χ1n) is 12.6. The Morgan fingerprint density at radius 1 is 1.32 bits per heavy atom. The monoisotopic (exact) mass is 476 g/mol. The Balaban J connectivity index is 2.04. The van der Waals surface area contributed by atoms with Crippen LogP contribution in [0.2, 0.25) is 0 Å². The van der Waals surface area contributed by atoms with Crippen LogP contribution in [0.4, 0.5) is 0 Å². The molecule has 34 heavy (non-hydrogen) atoms. The van der Waals surface area contributed by atoms with Gasteiger partial charge in [0.2, 0.25) is 11.8 Å². The van der Waals surface area contributed by atoms with Crippen LogP contribution in [-0.2, 0) is 23.9 Å². The number of carbonyl (C=O) groups excluding carboxylic acids is 3. The lowest BCUT2D eigenvalue weighted by Crippen LogP contribution is -2.58. The fourth-order valence-electron chi connectivity index (χ4n) is 6.39. The van der Waals surface area contributed by atoms with Crippen molar-refractivity contribution >= 4 is 17.8 Å². The second-order valence-corrected chi connectivity index (χ2v) is 9.75. The van der Waals surface area contributed by atoms with Gasteiger partial charge in [0.15, 0.2) is 0 Å². The number of β-amino-alcohol motifs (C(OH)–C–C–N with tert-alkyl or cyclic N) is 1. The molecule has 0 aliphatic carbocycles. The molecule has 3 rings (SSSR count). The normalized spacial score (nSPS) is 32.4. The average molecular weight is 477 g/mol. The first-order valence-corrected chi connectivity index (χ1v) is 12.6. The number of carbonyl (C=O) groups is 3. The fourth-order valence-corrected chi connectivity index (χ4v) is 6.39. The summed E-state index contributed by atoms with van der Waals surface area (Å²) in [5.41, 5.74) is -1.93. The number of nitrogens with zero attached hydrogens (tertiary/aromatic N) is 2. The van der Waals surface area contributed by atoms with Gasteiger partial charge in [-0.15, -0.1) is 13.2 Å². The second-order valence-electron chi connectivity index (χ2n) is 9.75. The molecule has 3 heterocycles. The number of amides is 2. The van der Waals surface area contributed by atoms with E-state index in [1.54, 1.807) is 17.1 Å². The maximum atomic E-state index is 14.1. The summed E-state index contributed by atoms with van der Waals surface area (Å²) in [5, 5.41) is 9.75. The smallest absolute Gasteiger partial charge is 0.312 e. The molecule has 2 amide bonds. The van der Waals surface area contributed by atoms with Crippen molar-refractivity contribution in [1.29, 1.82) is 0 Å². The van der Waals surface area contributed by atoms with Crippen LogP contribution in [0.1, 0.15) is 59.3 Å². The number of hydrogen-bond donors (Lipinski definition) is 1. The molecule has 0 aromatic carbocycles. The van der Waals surface area contributed by atoms with Gasteiger partial charge in [-0.1, -0.05) is 32.4 Å². The van der Waals surface area contributed by atoms with Crippen molar-refractivity contribution in [2.24, 2.45) is 11.8 Å². The van der Waals surface area contributed by atoms with Crippen LogP contribution >= 0.6 is 0 Å². The molecule has 3 unspecified atom stereocenters. The fraction of sp³-hybridized carbons (Fsp3) is 0.731. The molecule has 1 spiro atoms. The number of fused-ring (bicyclic) bond motifs is 1. The SMILES string of the molecule is C=CCCOC(=O)[C@@H]1[C@H]2C(=O)N(CCO)C(C(=O)N(CC=C)C(C)CCC)C23CC[C@@]1(CC)O3. The zero-order chi connectivity index (χ0) is 25.1. The molecule has 3 fully saturated rings. The highest BCUT2D eigenvalue weighted by Gasteiger charge is 2.79. The van der Waals surface area contributed by atoms with Gasteiger partial charge >= 0.3 is 5.97 Å². The highest BCUT2D eigenvalue weighted by molar-refractivity contribution is 5.98. The van der Waals surface area contributed by atoms with Crippen molar-refractivity contribution in [3.05, 3.63) is 25.3 Å². The van der Waals surface area contributed by atoms with Gasteiger partial charge in [-0.05, 0) is 39.0 Å². The lowest BCUT2D eigenvalue weighted by atomic mass is 9.65. The number of ether oxygens (including phenoxy) is 2. The minimum atomic E-state index is -1.10. The third kappa shape index (κ3) is 4.09. The highest BCUT2D eigenvalue weighted by atomic mass is 16.6. The van der Waals surface area contributed by atoms with Gasteiger partial charge in [0.25, 0.3) is 0 Å². The lowest BCUT2D eigenvalue weighted by Gasteiger charge is -2.38. The van der Waals surface area contributed by atoms with Gasteiger partial charge in [-0.25, -0.2) is 0 Å². The Morgan fingerprint density at radius 2 is 2.06 bits per heavy atom. The first kappa shape index (κ1) is 26.4. The number of aliphatic hydroxyl groups excluding tert-OH is 1. The second kappa shape index (κ2) is 10.6. The van der Waals surface area contributed by atoms with Crippen molar-refractivity contribution < 1.29 is 29.0 Å². The molecule has 8 heteroatoms. The van der Waals surface area contributed by atoms with E-state index in [9.17, 15) is 19.5 Å². The van der Waals surface area contributed by atoms with Crippen LogP contribution in [0.25, 0.3) is 0 Å². The Labute approximate surface area is 202 Å². The molecule has 8 nitrogen and oxygen atoms in total. The van der Waals surface area contributed by atoms with Gasteiger partial charge < -0.3 is 24.4 Å². The van der Waals surface area contributed by atoms with E-state index in [4.69, 9.17) is 9.47 Å². The minimum Gasteiger partial charge on any atom is -0.465 e. The summed E-state index contributed by atoms with van der Waals surface area (Å²) in [4.78, 5) is 44.3. The molecule has 0 saturated carbocycles. The van der Waals surface area contributed by atoms with Crippen LogP contribution in [0.3, 0.4) is 0 Å². The van der Waals surface area contributed by atoms with Crippen LogP contribution in [0, 0.1) is 11.8 Å². The molecular formula is C26H40N2O6. The minimum absolute atomic E-state index is 0.0122. The molecule has 2 bridgehead atoms. The zero-order valence-corrected chi connectivity index (χ0v) is 20.8. The van der Waals surface area contributed by atoms with Crippen molar-refractivity contribution in [2.75, 3.05) is 26.3 Å². The average Bonchev–Trinajstić information content (AvgIpc) is 3.41. The molecule has 0 aromatic heterocycles. The molecule has 3 saturated heterocycles. The van der Waals surface area contributed by atoms with Crippen molar-refractivity contribution in [2.45, 2.75) is 82.6 Å². The van der Waals surface area contributed by atoms with Gasteiger partial charge in [0.1, 0.15) is 17.6 Å². The Bertz CT molecular complexity index is 815. The summed E-state index contributed by atoms with van der Waals surface area (Å²) < 4.78 is 12.2. The quantitative estimate of drug-likeness (QED) is 0.249. The van der Waals surface area contributed by atoms with Crippen molar-refractivity contribution in [3.63, 3.8) is 0 Å². The summed E-state index contributed by atoms with van der Waals surface area (Å²) >= 11 is 0. The van der Waals surface area contributed by atoms with E-state index >= 15 is 0 Å². The van der Waals surface area contributed by atoms with Crippen LogP contribution in [-0.4, -0.2) is 82.3 Å². The van der Waals surface area contributed by atoms with E-state index in [1.165, 1.54) is 4.90 Å². The topological polar surface area (TPSA) is 96.4 Å². The standard InChI is InChI=1S/C26H40N2O6/c1-6-10-17-33-24(32)20-19-22(30)28(15-16-29)21(26(19)13-12-25(20,9-4)34-26)23(31)27(14-8-3)18(5)11-7-2/h6,8,18-21,29H,1,3,7,9-17H2,2,4-5H3/t18?,19-,20-,21?,25+,26?/m0/s1. The lowest BCUT2D eigenvalue weighted by molar-refractivity contribution is -0.162. The van der Waals surface area contributed by atoms with Gasteiger partial charge in [0.05, 0.1) is 24.7 Å². The molecule has 0 aromatic rings. The highest BCUT2D eigenvalue weighted by Crippen LogP contribution is 2.64. The molecule has 6 atom stereocenters. The predicted octanol–water partition coefficient (Wildman–Crippen LogP) is 2.46. The van der Waals surface area contributed by atoms with Crippen LogP contribution in [0.5, 0.6) is 0 Å². The molecule has 1 N–H and O–H groups in total. The van der Waals surface area contributed by atoms with Gasteiger partial charge in [-0.3, -0.25) is 14.4 Å². The van der Waals surface area contributed by atoms with E-state index < -0.39 is 35.0 Å². The molecule has 3 aliphatic rings. The number of likely N-dealkylation sites (tertiary alicyclic amines) is 1. The van der Waals surface area contributed by atoms with E-state index in [2.05, 4.69) is 20.1 Å². The van der Waals surface area contributed by atoms with Crippen LogP contribution in [0.15, 0.2) is 25.3 Å². The van der Waals surface area contributed by atoms with Crippen molar-refractivity contribution in [1.82, 2.24) is 9.80 Å². The van der Waals surface area contributed by atoms with E-state index in [-0.39, 0.29) is 37.6 Å². The van der Waals surface area contributed by atoms with Crippen LogP contribution < -0.4 is 0 Å². The molecule has 190 valence electrons. The van der Waals surface area contributed by atoms with E-state index in [0.29, 0.717) is 32.2 Å². The Hall–Kier alpha value is -2.19. The van der Waals surface area contributed by atoms with E-state index in [1.807, 2.05) is 13.8 Å². The Morgan fingerprint density at radius 3 is 2.65 bits per heavy atom. The zero-order valence-electron chi connectivity index (χ0n) is 20.8. The molecular weight excluding hydrogens is 436 g/mol. The number of aliphatic hydroxyl groups is 1. The number of esters is 1. The maximum Gasteiger partial charge on any atom is 0.312 e. The molecule has 3 aliphatic heterocycles. The van der Waals surface area contributed by atoms with E-state index in [0.717, 1.165) is 12.8 Å². The third-order valence-corrected chi connectivity index (χ3v) is 7.92. The van der Waals surface area contributed by atoms with Gasteiger partial charge in [0, 0.05) is 19.1 Å². The summed E-state index contributed by atoms with van der Waals surface area (Å²) in [6.07, 6.45) is 7.24. The molecule has 0 radical (unpaired) electrons.